The van der Waals surface area contributed by atoms with Crippen LogP contribution < -0.4 is 10.1 Å². The fourth-order valence-corrected chi connectivity index (χ4v) is 3.74. The molecule has 2 aromatic rings. The van der Waals surface area contributed by atoms with Gasteiger partial charge in [-0.25, -0.2) is 0 Å². The third-order valence-electron chi connectivity index (χ3n) is 2.92. The van der Waals surface area contributed by atoms with Crippen LogP contribution >= 0.6 is 55.8 Å². The summed E-state index contributed by atoms with van der Waals surface area (Å²) in [5.74, 6) is 1.18. The van der Waals surface area contributed by atoms with Crippen molar-refractivity contribution < 1.29 is 9.53 Å². The number of ether oxygens (including phenoxy) is 1. The first kappa shape index (κ1) is 16.7. The molecule has 3 nitrogen and oxygen atoms in total. The van der Waals surface area contributed by atoms with E-state index in [4.69, 9.17) is 17.0 Å². The van der Waals surface area contributed by atoms with E-state index < -0.39 is 0 Å². The van der Waals surface area contributed by atoms with Gasteiger partial charge in [-0.1, -0.05) is 61.9 Å². The SMILES string of the molecule is O=C1NC(=S)S/C1=C\c1cc(Br)ccc1Oc1cccc(Br)c1. The Morgan fingerprint density at radius 3 is 2.61 bits per heavy atom. The highest BCUT2D eigenvalue weighted by atomic mass is 79.9. The Labute approximate surface area is 159 Å². The number of halogens is 2. The molecule has 0 atom stereocenters. The van der Waals surface area contributed by atoms with Gasteiger partial charge in [0.15, 0.2) is 0 Å². The van der Waals surface area contributed by atoms with Gasteiger partial charge in [-0.05, 0) is 42.5 Å². The predicted octanol–water partition coefficient (Wildman–Crippen LogP) is 5.49. The number of thiocarbonyl (C=S) groups is 1. The minimum atomic E-state index is -0.187. The lowest BCUT2D eigenvalue weighted by Crippen LogP contribution is -2.17. The number of carbonyl (C=O) groups excluding carboxylic acids is 1. The smallest absolute Gasteiger partial charge is 0.263 e. The second kappa shape index (κ2) is 7.17. The number of hydrogen-bond donors (Lipinski definition) is 1. The zero-order valence-corrected chi connectivity index (χ0v) is 16.3. The van der Waals surface area contributed by atoms with Crippen molar-refractivity contribution in [3.05, 3.63) is 61.9 Å². The number of hydrogen-bond acceptors (Lipinski definition) is 4. The summed E-state index contributed by atoms with van der Waals surface area (Å²) in [4.78, 5) is 12.4. The van der Waals surface area contributed by atoms with Crippen molar-refractivity contribution in [2.24, 2.45) is 0 Å². The summed E-state index contributed by atoms with van der Waals surface area (Å²) in [6.45, 7) is 0. The Kier molecular flexibility index (Phi) is 5.21. The first-order chi connectivity index (χ1) is 11.0. The molecule has 1 N–H and O–H groups in total. The maximum atomic E-state index is 11.8. The van der Waals surface area contributed by atoms with Crippen LogP contribution in [0.3, 0.4) is 0 Å². The zero-order valence-electron chi connectivity index (χ0n) is 11.5. The van der Waals surface area contributed by atoms with Crippen LogP contribution in [-0.2, 0) is 4.79 Å². The van der Waals surface area contributed by atoms with Gasteiger partial charge < -0.3 is 10.1 Å². The van der Waals surface area contributed by atoms with Gasteiger partial charge in [-0.2, -0.15) is 0 Å². The minimum Gasteiger partial charge on any atom is -0.457 e. The van der Waals surface area contributed by atoms with Crippen molar-refractivity contribution in [2.45, 2.75) is 0 Å². The Bertz CT molecular complexity index is 837. The number of rotatable bonds is 3. The van der Waals surface area contributed by atoms with E-state index in [-0.39, 0.29) is 5.91 Å². The van der Waals surface area contributed by atoms with Crippen molar-refractivity contribution in [3.8, 4) is 11.5 Å². The molecule has 1 saturated heterocycles. The van der Waals surface area contributed by atoms with Crippen molar-refractivity contribution in [2.75, 3.05) is 0 Å². The van der Waals surface area contributed by atoms with E-state index in [2.05, 4.69) is 37.2 Å². The van der Waals surface area contributed by atoms with Crippen molar-refractivity contribution in [1.82, 2.24) is 5.32 Å². The first-order valence-corrected chi connectivity index (χ1v) is 9.30. The number of nitrogens with one attached hydrogen (secondary N) is 1. The summed E-state index contributed by atoms with van der Waals surface area (Å²) in [6.07, 6.45) is 1.78. The van der Waals surface area contributed by atoms with E-state index >= 15 is 0 Å². The molecule has 23 heavy (non-hydrogen) atoms. The van der Waals surface area contributed by atoms with Crippen LogP contribution in [0.5, 0.6) is 11.5 Å². The normalized spacial score (nSPS) is 15.8. The molecule has 0 unspecified atom stereocenters. The molecular weight excluding hydrogens is 462 g/mol. The van der Waals surface area contributed by atoms with Crippen molar-refractivity contribution in [1.29, 1.82) is 0 Å². The van der Waals surface area contributed by atoms with Crippen LogP contribution in [0.2, 0.25) is 0 Å². The second-order valence-electron chi connectivity index (χ2n) is 4.59. The average Bonchev–Trinajstić information content (AvgIpc) is 2.80. The molecule has 7 heteroatoms. The Balaban J connectivity index is 1.97. The monoisotopic (exact) mass is 469 g/mol. The van der Waals surface area contributed by atoms with Gasteiger partial charge in [0, 0.05) is 14.5 Å². The first-order valence-electron chi connectivity index (χ1n) is 6.49. The van der Waals surface area contributed by atoms with Gasteiger partial charge in [-0.15, -0.1) is 0 Å². The minimum absolute atomic E-state index is 0.187. The van der Waals surface area contributed by atoms with E-state index in [1.54, 1.807) is 6.08 Å². The van der Waals surface area contributed by atoms with Crippen LogP contribution in [0.25, 0.3) is 6.08 Å². The van der Waals surface area contributed by atoms with Crippen LogP contribution in [0.4, 0.5) is 0 Å². The van der Waals surface area contributed by atoms with Gasteiger partial charge in [-0.3, -0.25) is 4.79 Å². The average molecular weight is 471 g/mol. The molecule has 0 radical (unpaired) electrons. The lowest BCUT2D eigenvalue weighted by molar-refractivity contribution is -0.115. The summed E-state index contributed by atoms with van der Waals surface area (Å²) in [5.41, 5.74) is 0.793. The van der Waals surface area contributed by atoms with Gasteiger partial charge in [0.1, 0.15) is 15.8 Å². The summed E-state index contributed by atoms with van der Waals surface area (Å²) in [7, 11) is 0. The summed E-state index contributed by atoms with van der Waals surface area (Å²) in [5, 5.41) is 2.61. The zero-order chi connectivity index (χ0) is 16.4. The molecule has 1 amide bonds. The predicted molar refractivity (Wildman–Crippen MR) is 105 cm³/mol. The number of benzene rings is 2. The number of amides is 1. The van der Waals surface area contributed by atoms with Gasteiger partial charge >= 0.3 is 0 Å². The Morgan fingerprint density at radius 2 is 1.91 bits per heavy atom. The molecule has 0 aliphatic carbocycles. The fraction of sp³-hybridized carbons (Fsp3) is 0. The van der Waals surface area contributed by atoms with Gasteiger partial charge in [0.05, 0.1) is 4.91 Å². The lowest BCUT2D eigenvalue weighted by Gasteiger charge is -2.10. The Hall–Kier alpha value is -1.15. The maximum Gasteiger partial charge on any atom is 0.263 e. The number of carbonyl (C=O) groups is 1. The highest BCUT2D eigenvalue weighted by Crippen LogP contribution is 2.33. The highest BCUT2D eigenvalue weighted by Gasteiger charge is 2.22. The van der Waals surface area contributed by atoms with Crippen molar-refractivity contribution in [3.63, 3.8) is 0 Å². The third kappa shape index (κ3) is 4.23. The molecular formula is C16H9Br2NO2S2. The van der Waals surface area contributed by atoms with E-state index in [1.807, 2.05) is 42.5 Å². The fourth-order valence-electron chi connectivity index (χ4n) is 1.94. The molecule has 0 spiro atoms. The highest BCUT2D eigenvalue weighted by molar-refractivity contribution is 9.10. The van der Waals surface area contributed by atoms with E-state index in [1.165, 1.54) is 11.8 Å². The molecule has 1 aliphatic rings. The third-order valence-corrected chi connectivity index (χ3v) is 5.07. The van der Waals surface area contributed by atoms with Crippen LogP contribution in [-0.4, -0.2) is 10.2 Å². The van der Waals surface area contributed by atoms with E-state index in [0.717, 1.165) is 14.5 Å². The molecule has 0 saturated carbocycles. The van der Waals surface area contributed by atoms with Crippen molar-refractivity contribution >= 4 is 72.1 Å². The molecule has 1 heterocycles. The quantitative estimate of drug-likeness (QED) is 0.475. The van der Waals surface area contributed by atoms with Crippen LogP contribution in [0.15, 0.2) is 56.3 Å². The van der Waals surface area contributed by atoms with Gasteiger partial charge in [0.25, 0.3) is 5.91 Å². The largest absolute Gasteiger partial charge is 0.457 e. The molecule has 0 bridgehead atoms. The van der Waals surface area contributed by atoms with Gasteiger partial charge in [0.2, 0.25) is 0 Å². The summed E-state index contributed by atoms with van der Waals surface area (Å²) >= 11 is 13.1. The second-order valence-corrected chi connectivity index (χ2v) is 8.14. The van der Waals surface area contributed by atoms with Crippen LogP contribution in [0, 0.1) is 0 Å². The molecule has 116 valence electrons. The standard InChI is InChI=1S/C16H9Br2NO2S2/c17-10-2-1-3-12(8-10)21-13-5-4-11(18)6-9(13)7-14-15(20)19-16(22)23-14/h1-8H,(H,19,20,22)/b14-7-. The summed E-state index contributed by atoms with van der Waals surface area (Å²) < 4.78 is 8.25. The van der Waals surface area contributed by atoms with Crippen LogP contribution in [0.1, 0.15) is 5.56 Å². The molecule has 1 fully saturated rings. The van der Waals surface area contributed by atoms with E-state index in [0.29, 0.717) is 20.7 Å². The Morgan fingerprint density at radius 1 is 1.13 bits per heavy atom. The molecule has 0 aromatic heterocycles. The summed E-state index contributed by atoms with van der Waals surface area (Å²) in [6, 6.07) is 13.2. The topological polar surface area (TPSA) is 38.3 Å². The molecule has 2 aromatic carbocycles. The maximum absolute atomic E-state index is 11.8. The lowest BCUT2D eigenvalue weighted by atomic mass is 10.2. The number of thioether (sulfide) groups is 1. The molecule has 3 rings (SSSR count). The molecule has 1 aliphatic heterocycles. The van der Waals surface area contributed by atoms with E-state index in [9.17, 15) is 4.79 Å².